The van der Waals surface area contributed by atoms with E-state index in [0.717, 1.165) is 16.7 Å². The van der Waals surface area contributed by atoms with Crippen molar-refractivity contribution < 1.29 is 29.4 Å². The van der Waals surface area contributed by atoms with Gasteiger partial charge in [-0.25, -0.2) is 0 Å². The van der Waals surface area contributed by atoms with Gasteiger partial charge in [0.2, 0.25) is 5.91 Å². The summed E-state index contributed by atoms with van der Waals surface area (Å²) in [5.74, 6) is -6.43. The molecule has 3 aliphatic carbocycles. The zero-order chi connectivity index (χ0) is 26.1. The van der Waals surface area contributed by atoms with Gasteiger partial charge in [0, 0.05) is 12.3 Å². The van der Waals surface area contributed by atoms with Gasteiger partial charge < -0.3 is 15.9 Å². The number of hydrogen-bond donors (Lipinski definition) is 3. The number of hydrogen-bond acceptors (Lipinski definition) is 7. The molecule has 4 N–H and O–H groups in total. The van der Waals surface area contributed by atoms with Crippen LogP contribution in [0.25, 0.3) is 11.1 Å². The van der Waals surface area contributed by atoms with Gasteiger partial charge in [-0.05, 0) is 62.5 Å². The quantitative estimate of drug-likeness (QED) is 0.556. The number of fused-ring (bicyclic) bond motifs is 3. The number of benzene rings is 2. The molecule has 8 nitrogen and oxygen atoms in total. The van der Waals surface area contributed by atoms with Gasteiger partial charge in [0.1, 0.15) is 17.3 Å². The molecule has 5 rings (SSSR count). The Morgan fingerprint density at radius 1 is 1.08 bits per heavy atom. The fourth-order valence-corrected chi connectivity index (χ4v) is 6.71. The SMILES string of the molecule is Cc1ccc(-c2ccc(O)c3c2CC2CC4C(N(C)C)C(=O)C(C(N)=O)CC4(O)C(=O)C2C3=O)cc1. The third-order valence-electron chi connectivity index (χ3n) is 8.43. The highest BCUT2D eigenvalue weighted by atomic mass is 16.3. The molecule has 0 spiro atoms. The maximum Gasteiger partial charge on any atom is 0.228 e. The van der Waals surface area contributed by atoms with Crippen molar-refractivity contribution in [3.63, 3.8) is 0 Å². The number of phenols is 1. The number of carbonyl (C=O) groups is 4. The summed E-state index contributed by atoms with van der Waals surface area (Å²) in [6.07, 6.45) is 0.171. The van der Waals surface area contributed by atoms with E-state index in [0.29, 0.717) is 12.0 Å². The van der Waals surface area contributed by atoms with Crippen LogP contribution in [0.15, 0.2) is 36.4 Å². The van der Waals surface area contributed by atoms with Gasteiger partial charge >= 0.3 is 0 Å². The Bertz CT molecular complexity index is 1300. The van der Waals surface area contributed by atoms with E-state index in [1.807, 2.05) is 31.2 Å². The molecule has 0 saturated heterocycles. The fourth-order valence-electron chi connectivity index (χ4n) is 6.71. The Balaban J connectivity index is 1.62. The summed E-state index contributed by atoms with van der Waals surface area (Å²) in [4.78, 5) is 54.5. The maximum atomic E-state index is 13.8. The average Bonchev–Trinajstić information content (AvgIpc) is 2.81. The maximum absolute atomic E-state index is 13.8. The van der Waals surface area contributed by atoms with Crippen molar-refractivity contribution in [1.82, 2.24) is 4.90 Å². The van der Waals surface area contributed by atoms with E-state index in [4.69, 9.17) is 5.73 Å². The number of nitrogens with zero attached hydrogens (tertiary/aromatic N) is 1. The number of ketones is 3. The molecule has 0 radical (unpaired) electrons. The van der Waals surface area contributed by atoms with Crippen LogP contribution in [0.3, 0.4) is 0 Å². The Kier molecular flexibility index (Phi) is 5.65. The predicted octanol–water partition coefficient (Wildman–Crippen LogP) is 1.66. The molecule has 6 unspecified atom stereocenters. The minimum Gasteiger partial charge on any atom is -0.507 e. The second-order valence-corrected chi connectivity index (χ2v) is 10.8. The van der Waals surface area contributed by atoms with Crippen LogP contribution < -0.4 is 5.73 Å². The number of carbonyl (C=O) groups excluding carboxylic acids is 4. The second-order valence-electron chi connectivity index (χ2n) is 10.8. The summed E-state index contributed by atoms with van der Waals surface area (Å²) in [5.41, 5.74) is 6.99. The smallest absolute Gasteiger partial charge is 0.228 e. The number of aromatic hydroxyl groups is 1. The van der Waals surface area contributed by atoms with Crippen molar-refractivity contribution >= 4 is 23.3 Å². The van der Waals surface area contributed by atoms with Crippen molar-refractivity contribution in [2.45, 2.75) is 37.8 Å². The van der Waals surface area contributed by atoms with Gasteiger partial charge in [0.25, 0.3) is 0 Å². The van der Waals surface area contributed by atoms with Gasteiger partial charge in [0.05, 0.1) is 17.5 Å². The lowest BCUT2D eigenvalue weighted by Gasteiger charge is -2.53. The summed E-state index contributed by atoms with van der Waals surface area (Å²) in [5, 5.41) is 22.4. The lowest BCUT2D eigenvalue weighted by molar-refractivity contribution is -0.176. The molecule has 0 aromatic heterocycles. The monoisotopic (exact) mass is 490 g/mol. The Morgan fingerprint density at radius 2 is 1.75 bits per heavy atom. The third-order valence-corrected chi connectivity index (χ3v) is 8.43. The van der Waals surface area contributed by atoms with Crippen molar-refractivity contribution in [3.05, 3.63) is 53.1 Å². The van der Waals surface area contributed by atoms with E-state index in [9.17, 15) is 29.4 Å². The highest BCUT2D eigenvalue weighted by molar-refractivity contribution is 6.18. The summed E-state index contributed by atoms with van der Waals surface area (Å²) >= 11 is 0. The summed E-state index contributed by atoms with van der Waals surface area (Å²) < 4.78 is 0. The van der Waals surface area contributed by atoms with Crippen molar-refractivity contribution in [2.75, 3.05) is 14.1 Å². The number of nitrogens with two attached hydrogens (primary N) is 1. The lowest BCUT2D eigenvalue weighted by atomic mass is 9.52. The first-order chi connectivity index (χ1) is 17.0. The third kappa shape index (κ3) is 3.43. The van der Waals surface area contributed by atoms with Crippen LogP contribution in [-0.4, -0.2) is 64.1 Å². The molecular formula is C28H30N2O6. The van der Waals surface area contributed by atoms with Gasteiger partial charge in [-0.15, -0.1) is 0 Å². The van der Waals surface area contributed by atoms with E-state index in [1.165, 1.54) is 6.07 Å². The van der Waals surface area contributed by atoms with E-state index in [2.05, 4.69) is 0 Å². The molecule has 2 aromatic rings. The molecule has 8 heteroatoms. The average molecular weight is 491 g/mol. The van der Waals surface area contributed by atoms with Crippen molar-refractivity contribution in [3.8, 4) is 16.9 Å². The molecule has 36 heavy (non-hydrogen) atoms. The molecule has 6 atom stereocenters. The van der Waals surface area contributed by atoms with E-state index in [-0.39, 0.29) is 17.7 Å². The summed E-state index contributed by atoms with van der Waals surface area (Å²) in [6, 6.07) is 10.2. The van der Waals surface area contributed by atoms with Crippen LogP contribution in [0.5, 0.6) is 5.75 Å². The first-order valence-corrected chi connectivity index (χ1v) is 12.2. The van der Waals surface area contributed by atoms with Crippen LogP contribution in [0, 0.1) is 30.6 Å². The number of Topliss-reactive ketones (excluding diaryl/α,β-unsaturated/α-hetero) is 3. The molecule has 2 fully saturated rings. The molecule has 188 valence electrons. The minimum atomic E-state index is -2.04. The zero-order valence-corrected chi connectivity index (χ0v) is 20.5. The van der Waals surface area contributed by atoms with Crippen molar-refractivity contribution in [1.29, 1.82) is 0 Å². The normalized spacial score (nSPS) is 31.6. The number of phenolic OH excluding ortho intramolecular Hbond substituents is 1. The van der Waals surface area contributed by atoms with Gasteiger partial charge in [-0.2, -0.15) is 0 Å². The number of primary amides is 1. The van der Waals surface area contributed by atoms with E-state index >= 15 is 0 Å². The largest absolute Gasteiger partial charge is 0.507 e. The molecule has 3 aliphatic rings. The topological polar surface area (TPSA) is 138 Å². The summed E-state index contributed by atoms with van der Waals surface area (Å²) in [6.45, 7) is 1.98. The Morgan fingerprint density at radius 3 is 2.36 bits per heavy atom. The first kappa shape index (κ1) is 24.3. The number of likely N-dealkylation sites (N-methyl/N-ethyl adjacent to an activating group) is 1. The van der Waals surface area contributed by atoms with Gasteiger partial charge in [0.15, 0.2) is 17.3 Å². The Hall–Kier alpha value is -3.36. The number of amides is 1. The lowest BCUT2D eigenvalue weighted by Crippen LogP contribution is -2.69. The van der Waals surface area contributed by atoms with Gasteiger partial charge in [-0.1, -0.05) is 35.9 Å². The van der Waals surface area contributed by atoms with Gasteiger partial charge in [-0.3, -0.25) is 24.1 Å². The molecule has 2 saturated carbocycles. The van der Waals surface area contributed by atoms with Crippen LogP contribution in [0.1, 0.15) is 34.3 Å². The number of rotatable bonds is 3. The van der Waals surface area contributed by atoms with Crippen LogP contribution in [-0.2, 0) is 20.8 Å². The molecular weight excluding hydrogens is 460 g/mol. The summed E-state index contributed by atoms with van der Waals surface area (Å²) in [7, 11) is 3.33. The fraction of sp³-hybridized carbons (Fsp3) is 0.429. The highest BCUT2D eigenvalue weighted by Gasteiger charge is 2.64. The minimum absolute atomic E-state index is 0.104. The zero-order valence-electron chi connectivity index (χ0n) is 20.5. The highest BCUT2D eigenvalue weighted by Crippen LogP contribution is 2.52. The molecule has 1 amide bonds. The molecule has 0 heterocycles. The predicted molar refractivity (Wildman–Crippen MR) is 131 cm³/mol. The molecule has 0 bridgehead atoms. The number of aryl methyl sites for hydroxylation is 1. The van der Waals surface area contributed by atoms with E-state index in [1.54, 1.807) is 25.1 Å². The van der Waals surface area contributed by atoms with E-state index < -0.39 is 65.0 Å². The number of aliphatic hydroxyl groups is 1. The second kappa shape index (κ2) is 8.35. The molecule has 0 aliphatic heterocycles. The first-order valence-electron chi connectivity index (χ1n) is 12.2. The van der Waals surface area contributed by atoms with Crippen LogP contribution >= 0.6 is 0 Å². The standard InChI is InChI=1S/C28H30N2O6/c1-13-4-6-14(7-5-13)16-8-9-20(31)22-17(16)10-15-11-19-23(30(2)3)24(32)18(27(29)35)12-28(19,36)26(34)21(15)25(22)33/h4-9,15,18-19,21,23,31,36H,10-12H2,1-3H3,(H2,29,35). The molecule has 2 aromatic carbocycles. The van der Waals surface area contributed by atoms with Crippen LogP contribution in [0.2, 0.25) is 0 Å². The van der Waals surface area contributed by atoms with Crippen molar-refractivity contribution in [2.24, 2.45) is 29.4 Å². The Labute approximate surface area is 209 Å². The van der Waals surface area contributed by atoms with Crippen LogP contribution in [0.4, 0.5) is 0 Å².